The number of nitrogens with zero attached hydrogens (tertiary/aromatic N) is 4. The van der Waals surface area contributed by atoms with E-state index in [2.05, 4.69) is 29.2 Å². The van der Waals surface area contributed by atoms with Crippen LogP contribution in [-0.2, 0) is 4.79 Å². The Labute approximate surface area is 175 Å². The molecule has 3 aromatic rings. The van der Waals surface area contributed by atoms with Crippen molar-refractivity contribution >= 4 is 22.5 Å². The summed E-state index contributed by atoms with van der Waals surface area (Å²) in [6, 6.07) is 2.86. The molecular formula is C22H31N5O3. The third-order valence-electron chi connectivity index (χ3n) is 6.06. The van der Waals surface area contributed by atoms with Crippen molar-refractivity contribution in [2.45, 2.75) is 46.1 Å². The molecule has 0 aromatic carbocycles. The van der Waals surface area contributed by atoms with Gasteiger partial charge in [0.1, 0.15) is 17.9 Å². The van der Waals surface area contributed by atoms with Crippen molar-refractivity contribution in [3.8, 4) is 0 Å². The number of piperidine rings is 1. The van der Waals surface area contributed by atoms with Gasteiger partial charge in [-0.3, -0.25) is 14.0 Å². The first kappa shape index (κ1) is 20.7. The minimum Gasteiger partial charge on any atom is -0.463 e. The van der Waals surface area contributed by atoms with Gasteiger partial charge in [-0.2, -0.15) is 5.10 Å². The van der Waals surface area contributed by atoms with Crippen LogP contribution in [0.25, 0.3) is 16.6 Å². The van der Waals surface area contributed by atoms with Crippen molar-refractivity contribution in [2.24, 2.45) is 11.8 Å². The number of carbonyl (C=O) groups is 1. The smallest absolute Gasteiger partial charge is 0.291 e. The zero-order valence-corrected chi connectivity index (χ0v) is 18.0. The highest BCUT2D eigenvalue weighted by Crippen LogP contribution is 2.21. The molecule has 1 saturated heterocycles. The Morgan fingerprint density at radius 3 is 2.80 bits per heavy atom. The van der Waals surface area contributed by atoms with Crippen LogP contribution in [0.2, 0.25) is 0 Å². The Bertz CT molecular complexity index is 1070. The fourth-order valence-electron chi connectivity index (χ4n) is 4.81. The molecule has 3 aromatic heterocycles. The summed E-state index contributed by atoms with van der Waals surface area (Å²) in [5, 5.41) is 7.28. The minimum absolute atomic E-state index is 0.160. The third kappa shape index (κ3) is 4.01. The zero-order chi connectivity index (χ0) is 21.3. The Morgan fingerprint density at radius 1 is 1.30 bits per heavy atom. The maximum atomic E-state index is 13.0. The highest BCUT2D eigenvalue weighted by Gasteiger charge is 2.23. The molecule has 1 aliphatic rings. The van der Waals surface area contributed by atoms with Crippen molar-refractivity contribution < 1.29 is 9.21 Å². The summed E-state index contributed by atoms with van der Waals surface area (Å²) in [6.45, 7) is 10.4. The lowest BCUT2D eigenvalue weighted by atomic mass is 9.92. The summed E-state index contributed by atoms with van der Waals surface area (Å²) in [6.07, 6.45) is 5.84. The zero-order valence-electron chi connectivity index (χ0n) is 18.0. The van der Waals surface area contributed by atoms with Gasteiger partial charge >= 0.3 is 0 Å². The van der Waals surface area contributed by atoms with Crippen LogP contribution in [0, 0.1) is 11.8 Å². The van der Waals surface area contributed by atoms with Crippen LogP contribution in [0.1, 0.15) is 46.1 Å². The maximum absolute atomic E-state index is 13.0. The monoisotopic (exact) mass is 413 g/mol. The number of amides is 1. The molecule has 30 heavy (non-hydrogen) atoms. The molecule has 3 atom stereocenters. The highest BCUT2D eigenvalue weighted by molar-refractivity contribution is 5.82. The first-order valence-corrected chi connectivity index (χ1v) is 10.9. The number of rotatable bonds is 7. The molecular weight excluding hydrogens is 382 g/mol. The molecule has 0 saturated carbocycles. The van der Waals surface area contributed by atoms with E-state index in [1.807, 2.05) is 6.92 Å². The summed E-state index contributed by atoms with van der Waals surface area (Å²) in [7, 11) is 0. The summed E-state index contributed by atoms with van der Waals surface area (Å²) in [5.74, 6) is 1.31. The molecule has 8 nitrogen and oxygen atoms in total. The van der Waals surface area contributed by atoms with E-state index < -0.39 is 6.04 Å². The molecule has 0 aliphatic carbocycles. The summed E-state index contributed by atoms with van der Waals surface area (Å²) in [5.41, 5.74) is 1.59. The van der Waals surface area contributed by atoms with Crippen LogP contribution in [0.3, 0.4) is 0 Å². The molecule has 0 unspecified atom stereocenters. The molecule has 8 heteroatoms. The van der Waals surface area contributed by atoms with Gasteiger partial charge in [-0.15, -0.1) is 0 Å². The van der Waals surface area contributed by atoms with E-state index in [1.165, 1.54) is 11.1 Å². The lowest BCUT2D eigenvalue weighted by Crippen LogP contribution is -2.41. The van der Waals surface area contributed by atoms with E-state index in [9.17, 15) is 9.59 Å². The lowest BCUT2D eigenvalue weighted by molar-refractivity contribution is -0.124. The number of carbonyl (C=O) groups excluding carboxylic acids is 1. The van der Waals surface area contributed by atoms with Gasteiger partial charge in [0.2, 0.25) is 5.91 Å². The van der Waals surface area contributed by atoms with Gasteiger partial charge in [-0.05, 0) is 37.6 Å². The van der Waals surface area contributed by atoms with Crippen molar-refractivity contribution in [3.05, 3.63) is 35.1 Å². The van der Waals surface area contributed by atoms with E-state index in [4.69, 9.17) is 4.42 Å². The third-order valence-corrected chi connectivity index (χ3v) is 6.06. The van der Waals surface area contributed by atoms with Crippen molar-refractivity contribution in [3.63, 3.8) is 0 Å². The average Bonchev–Trinajstić information content (AvgIpc) is 3.29. The Balaban J connectivity index is 1.39. The second kappa shape index (κ2) is 8.63. The quantitative estimate of drug-likeness (QED) is 0.602. The molecule has 4 rings (SSSR count). The van der Waals surface area contributed by atoms with Crippen molar-refractivity contribution in [2.75, 3.05) is 26.2 Å². The summed E-state index contributed by atoms with van der Waals surface area (Å²) in [4.78, 5) is 28.2. The molecule has 162 valence electrons. The minimum atomic E-state index is -0.626. The Hall–Kier alpha value is -2.61. The first-order valence-electron chi connectivity index (χ1n) is 10.9. The van der Waals surface area contributed by atoms with Crippen LogP contribution < -0.4 is 10.9 Å². The van der Waals surface area contributed by atoms with Gasteiger partial charge in [-0.25, -0.2) is 4.68 Å². The second-order valence-corrected chi connectivity index (χ2v) is 8.72. The molecule has 0 bridgehead atoms. The van der Waals surface area contributed by atoms with Crippen molar-refractivity contribution in [1.29, 1.82) is 0 Å². The number of nitrogens with one attached hydrogen (secondary N) is 1. The van der Waals surface area contributed by atoms with Gasteiger partial charge in [-0.1, -0.05) is 20.8 Å². The molecule has 1 fully saturated rings. The van der Waals surface area contributed by atoms with Crippen LogP contribution in [-0.4, -0.2) is 51.2 Å². The number of fused-ring (bicyclic) bond motifs is 3. The van der Waals surface area contributed by atoms with E-state index in [0.29, 0.717) is 24.1 Å². The maximum Gasteiger partial charge on any atom is 0.291 e. The number of likely N-dealkylation sites (tertiary alicyclic amines) is 1. The van der Waals surface area contributed by atoms with Crippen molar-refractivity contribution in [1.82, 2.24) is 24.4 Å². The lowest BCUT2D eigenvalue weighted by Gasteiger charge is -2.35. The van der Waals surface area contributed by atoms with Crippen LogP contribution >= 0.6 is 0 Å². The van der Waals surface area contributed by atoms with E-state index in [-0.39, 0.29) is 11.5 Å². The van der Waals surface area contributed by atoms with E-state index in [0.717, 1.165) is 43.4 Å². The summed E-state index contributed by atoms with van der Waals surface area (Å²) >= 11 is 0. The topological polar surface area (TPSA) is 84.8 Å². The van der Waals surface area contributed by atoms with Crippen LogP contribution in [0.4, 0.5) is 0 Å². The number of aromatic nitrogens is 3. The van der Waals surface area contributed by atoms with E-state index >= 15 is 0 Å². The first-order chi connectivity index (χ1) is 14.5. The normalized spacial score (nSPS) is 21.3. The number of hydrogen-bond acceptors (Lipinski definition) is 5. The van der Waals surface area contributed by atoms with Gasteiger partial charge in [0.25, 0.3) is 5.56 Å². The second-order valence-electron chi connectivity index (χ2n) is 8.72. The van der Waals surface area contributed by atoms with Crippen LogP contribution in [0.5, 0.6) is 0 Å². The Kier molecular flexibility index (Phi) is 5.94. The fourth-order valence-corrected chi connectivity index (χ4v) is 4.81. The SMILES string of the molecule is CC[C@H](C(=O)NCCCN1C[C@H](C)C[C@@H](C)C1)n1ncn2c(cc3occc32)c1=O. The molecule has 1 amide bonds. The fraction of sp³-hybridized carbons (Fsp3) is 0.591. The van der Waals surface area contributed by atoms with Gasteiger partial charge in [0.05, 0.1) is 11.8 Å². The molecule has 4 heterocycles. The van der Waals surface area contributed by atoms with Gasteiger partial charge in [0, 0.05) is 31.8 Å². The molecule has 0 spiro atoms. The largest absolute Gasteiger partial charge is 0.463 e. The predicted octanol–water partition coefficient (Wildman–Crippen LogP) is 2.68. The van der Waals surface area contributed by atoms with Crippen LogP contribution in [0.15, 0.2) is 33.9 Å². The number of furan rings is 1. The Morgan fingerprint density at radius 2 is 2.07 bits per heavy atom. The standard InChI is InChI=1S/C22H31N5O3/c1-4-17(21(28)23-7-5-8-25-12-15(2)10-16(3)13-25)27-22(29)19-11-20-18(6-9-30-20)26(19)14-24-27/h6,9,11,14-17H,4-5,7-8,10,12-13H2,1-3H3,(H,23,28)/t15-,16-,17-/m1/s1. The molecule has 0 radical (unpaired) electrons. The number of hydrogen-bond donors (Lipinski definition) is 1. The molecule has 1 N–H and O–H groups in total. The predicted molar refractivity (Wildman–Crippen MR) is 116 cm³/mol. The molecule has 1 aliphatic heterocycles. The summed E-state index contributed by atoms with van der Waals surface area (Å²) < 4.78 is 8.37. The van der Waals surface area contributed by atoms with Gasteiger partial charge in [0.15, 0.2) is 5.58 Å². The van der Waals surface area contributed by atoms with E-state index in [1.54, 1.807) is 29.1 Å². The average molecular weight is 414 g/mol. The van der Waals surface area contributed by atoms with Gasteiger partial charge < -0.3 is 14.6 Å². The highest BCUT2D eigenvalue weighted by atomic mass is 16.3.